The summed E-state index contributed by atoms with van der Waals surface area (Å²) in [7, 11) is 0. The van der Waals surface area contributed by atoms with Crippen molar-refractivity contribution in [2.24, 2.45) is 17.6 Å². The number of hydrogen-bond acceptors (Lipinski definition) is 1. The first-order valence-electron chi connectivity index (χ1n) is 5.87. The molecule has 0 aliphatic rings. The second-order valence-corrected chi connectivity index (χ2v) is 4.56. The zero-order chi connectivity index (χ0) is 10.3. The zero-order valence-corrected chi connectivity index (χ0v) is 9.84. The molecule has 2 unspecified atom stereocenters. The van der Waals surface area contributed by atoms with E-state index in [-0.39, 0.29) is 0 Å². The van der Waals surface area contributed by atoms with E-state index in [1.165, 1.54) is 32.1 Å². The highest BCUT2D eigenvalue weighted by Gasteiger charge is 2.13. The summed E-state index contributed by atoms with van der Waals surface area (Å²) in [6.45, 7) is 8.98. The number of nitrogens with two attached hydrogens (primary N) is 1. The molecule has 0 aromatic rings. The van der Waals surface area contributed by atoms with Crippen LogP contribution < -0.4 is 5.73 Å². The van der Waals surface area contributed by atoms with E-state index in [4.69, 9.17) is 5.73 Å². The van der Waals surface area contributed by atoms with Crippen LogP contribution in [-0.2, 0) is 0 Å². The van der Waals surface area contributed by atoms with Gasteiger partial charge in [0.25, 0.3) is 0 Å². The molecule has 1 heteroatoms. The van der Waals surface area contributed by atoms with Gasteiger partial charge in [0.1, 0.15) is 0 Å². The van der Waals surface area contributed by atoms with E-state index in [1.807, 2.05) is 0 Å². The Morgan fingerprint density at radius 2 is 1.77 bits per heavy atom. The summed E-state index contributed by atoms with van der Waals surface area (Å²) in [5.74, 6) is 1.49. The smallest absolute Gasteiger partial charge is 0.00645 e. The molecule has 0 saturated heterocycles. The van der Waals surface area contributed by atoms with Gasteiger partial charge < -0.3 is 5.73 Å². The van der Waals surface area contributed by atoms with E-state index in [1.54, 1.807) is 0 Å². The molecule has 0 bridgehead atoms. The van der Waals surface area contributed by atoms with Crippen LogP contribution in [0, 0.1) is 11.8 Å². The first-order chi connectivity index (χ1) is 6.11. The molecule has 0 radical (unpaired) electrons. The van der Waals surface area contributed by atoms with E-state index in [9.17, 15) is 0 Å². The standard InChI is InChI=1S/C12H27N/c1-5-7-8-11(6-2)9-12(13)10(3)4/h10-12H,5-9,13H2,1-4H3. The monoisotopic (exact) mass is 185 g/mol. The van der Waals surface area contributed by atoms with Crippen molar-refractivity contribution in [3.05, 3.63) is 0 Å². The third-order valence-electron chi connectivity index (χ3n) is 3.01. The van der Waals surface area contributed by atoms with Gasteiger partial charge in [0, 0.05) is 6.04 Å². The Morgan fingerprint density at radius 3 is 2.15 bits per heavy atom. The molecule has 0 amide bonds. The van der Waals surface area contributed by atoms with Crippen molar-refractivity contribution < 1.29 is 0 Å². The fraction of sp³-hybridized carbons (Fsp3) is 1.00. The van der Waals surface area contributed by atoms with Crippen LogP contribution in [0.25, 0.3) is 0 Å². The second-order valence-electron chi connectivity index (χ2n) is 4.56. The molecule has 0 heterocycles. The van der Waals surface area contributed by atoms with Crippen LogP contribution in [0.4, 0.5) is 0 Å². The summed E-state index contributed by atoms with van der Waals surface area (Å²) >= 11 is 0. The number of rotatable bonds is 7. The van der Waals surface area contributed by atoms with Crippen LogP contribution >= 0.6 is 0 Å². The quantitative estimate of drug-likeness (QED) is 0.644. The average molecular weight is 185 g/mol. The molecule has 1 nitrogen and oxygen atoms in total. The fourth-order valence-electron chi connectivity index (χ4n) is 1.64. The normalized spacial score (nSPS) is 16.2. The predicted molar refractivity (Wildman–Crippen MR) is 60.7 cm³/mol. The Hall–Kier alpha value is -0.0400. The summed E-state index contributed by atoms with van der Waals surface area (Å²) in [6, 6.07) is 0.404. The van der Waals surface area contributed by atoms with E-state index in [0.717, 1.165) is 5.92 Å². The molecule has 0 rings (SSSR count). The van der Waals surface area contributed by atoms with Crippen molar-refractivity contribution in [1.29, 1.82) is 0 Å². The van der Waals surface area contributed by atoms with Gasteiger partial charge in [0.15, 0.2) is 0 Å². The first-order valence-corrected chi connectivity index (χ1v) is 5.87. The average Bonchev–Trinajstić information content (AvgIpc) is 2.11. The van der Waals surface area contributed by atoms with Crippen molar-refractivity contribution in [2.45, 2.75) is 65.8 Å². The minimum Gasteiger partial charge on any atom is -0.327 e. The molecule has 2 N–H and O–H groups in total. The maximum atomic E-state index is 6.06. The highest BCUT2D eigenvalue weighted by atomic mass is 14.6. The highest BCUT2D eigenvalue weighted by molar-refractivity contribution is 4.70. The minimum absolute atomic E-state index is 0.404. The summed E-state index contributed by atoms with van der Waals surface area (Å²) < 4.78 is 0. The third kappa shape index (κ3) is 6.09. The SMILES string of the molecule is CCCCC(CC)CC(N)C(C)C. The van der Waals surface area contributed by atoms with Gasteiger partial charge in [-0.25, -0.2) is 0 Å². The Bertz CT molecular complexity index is 110. The fourth-order valence-corrected chi connectivity index (χ4v) is 1.64. The van der Waals surface area contributed by atoms with E-state index < -0.39 is 0 Å². The molecule has 0 aromatic carbocycles. The van der Waals surface area contributed by atoms with Crippen LogP contribution in [0.3, 0.4) is 0 Å². The number of hydrogen-bond donors (Lipinski definition) is 1. The van der Waals surface area contributed by atoms with Gasteiger partial charge in [-0.05, 0) is 18.3 Å². The summed E-state index contributed by atoms with van der Waals surface area (Å²) in [6.07, 6.45) is 6.55. The Labute approximate surface area is 84.1 Å². The van der Waals surface area contributed by atoms with E-state index in [0.29, 0.717) is 12.0 Å². The maximum Gasteiger partial charge on any atom is 0.00645 e. The molecule has 0 spiro atoms. The van der Waals surface area contributed by atoms with Crippen molar-refractivity contribution in [3.8, 4) is 0 Å². The molecule has 2 atom stereocenters. The van der Waals surface area contributed by atoms with Crippen molar-refractivity contribution >= 4 is 0 Å². The van der Waals surface area contributed by atoms with Gasteiger partial charge in [-0.15, -0.1) is 0 Å². The molecule has 0 fully saturated rings. The van der Waals surface area contributed by atoms with Gasteiger partial charge in [0.2, 0.25) is 0 Å². The highest BCUT2D eigenvalue weighted by Crippen LogP contribution is 2.20. The van der Waals surface area contributed by atoms with Crippen LogP contribution in [0.15, 0.2) is 0 Å². The molecule has 13 heavy (non-hydrogen) atoms. The van der Waals surface area contributed by atoms with Gasteiger partial charge in [-0.2, -0.15) is 0 Å². The van der Waals surface area contributed by atoms with E-state index in [2.05, 4.69) is 27.7 Å². The van der Waals surface area contributed by atoms with Crippen molar-refractivity contribution in [3.63, 3.8) is 0 Å². The van der Waals surface area contributed by atoms with Gasteiger partial charge in [-0.3, -0.25) is 0 Å². The minimum atomic E-state index is 0.404. The van der Waals surface area contributed by atoms with Gasteiger partial charge in [-0.1, -0.05) is 53.4 Å². The molecule has 0 aliphatic heterocycles. The van der Waals surface area contributed by atoms with Crippen LogP contribution in [-0.4, -0.2) is 6.04 Å². The Balaban J connectivity index is 3.69. The van der Waals surface area contributed by atoms with Crippen LogP contribution in [0.5, 0.6) is 0 Å². The Kier molecular flexibility index (Phi) is 7.35. The molecule has 80 valence electrons. The van der Waals surface area contributed by atoms with Crippen molar-refractivity contribution in [2.75, 3.05) is 0 Å². The summed E-state index contributed by atoms with van der Waals surface area (Å²) in [5.41, 5.74) is 6.06. The molecule has 0 saturated carbocycles. The summed E-state index contributed by atoms with van der Waals surface area (Å²) in [4.78, 5) is 0. The van der Waals surface area contributed by atoms with Crippen molar-refractivity contribution in [1.82, 2.24) is 0 Å². The van der Waals surface area contributed by atoms with Crippen LogP contribution in [0.1, 0.15) is 59.8 Å². The zero-order valence-electron chi connectivity index (χ0n) is 9.84. The first kappa shape index (κ1) is 13.0. The predicted octanol–water partition coefficient (Wildman–Crippen LogP) is 3.58. The van der Waals surface area contributed by atoms with Gasteiger partial charge >= 0.3 is 0 Å². The summed E-state index contributed by atoms with van der Waals surface area (Å²) in [5, 5.41) is 0. The molecule has 0 aliphatic carbocycles. The molecule has 0 aromatic heterocycles. The Morgan fingerprint density at radius 1 is 1.15 bits per heavy atom. The lowest BCUT2D eigenvalue weighted by Crippen LogP contribution is -2.29. The second kappa shape index (κ2) is 7.37. The maximum absolute atomic E-state index is 6.06. The lowest BCUT2D eigenvalue weighted by atomic mass is 9.88. The largest absolute Gasteiger partial charge is 0.327 e. The third-order valence-corrected chi connectivity index (χ3v) is 3.01. The lowest BCUT2D eigenvalue weighted by Gasteiger charge is -2.22. The molecular formula is C12H27N. The van der Waals surface area contributed by atoms with E-state index >= 15 is 0 Å². The number of unbranched alkanes of at least 4 members (excludes halogenated alkanes) is 1. The van der Waals surface area contributed by atoms with Crippen LogP contribution in [0.2, 0.25) is 0 Å². The topological polar surface area (TPSA) is 26.0 Å². The van der Waals surface area contributed by atoms with Gasteiger partial charge in [0.05, 0.1) is 0 Å². The lowest BCUT2D eigenvalue weighted by molar-refractivity contribution is 0.341. The molecular weight excluding hydrogens is 158 g/mol.